The highest BCUT2D eigenvalue weighted by atomic mass is 16.3. The van der Waals surface area contributed by atoms with Crippen molar-refractivity contribution in [2.75, 3.05) is 0 Å². The van der Waals surface area contributed by atoms with Gasteiger partial charge in [-0.2, -0.15) is 0 Å². The van der Waals surface area contributed by atoms with E-state index in [-0.39, 0.29) is 0 Å². The van der Waals surface area contributed by atoms with E-state index in [4.69, 9.17) is 19.4 Å². The van der Waals surface area contributed by atoms with Gasteiger partial charge in [0.05, 0.1) is 22.1 Å². The Kier molecular flexibility index (Phi) is 8.56. The highest BCUT2D eigenvalue weighted by molar-refractivity contribution is 6.24. The molecule has 12 rings (SSSR count). The Bertz CT molecular complexity index is 3550. The van der Waals surface area contributed by atoms with E-state index in [9.17, 15) is 0 Å². The number of para-hydroxylation sites is 2. The molecule has 0 saturated heterocycles. The van der Waals surface area contributed by atoms with Crippen molar-refractivity contribution in [1.82, 2.24) is 19.5 Å². The Hall–Kier alpha value is -8.15. The monoisotopic (exact) mass is 794 g/mol. The number of furan rings is 1. The molecule has 1 aliphatic rings. The van der Waals surface area contributed by atoms with Crippen molar-refractivity contribution >= 4 is 49.3 Å². The number of rotatable bonds is 7. The molecular formula is C57H38N4O. The van der Waals surface area contributed by atoms with Gasteiger partial charge in [0.15, 0.2) is 17.5 Å². The summed E-state index contributed by atoms with van der Waals surface area (Å²) in [5, 5.41) is 4.47. The maximum absolute atomic E-state index is 6.73. The summed E-state index contributed by atoms with van der Waals surface area (Å²) in [6, 6.07) is 65.9. The van der Waals surface area contributed by atoms with E-state index in [1.807, 2.05) is 30.3 Å². The average molecular weight is 795 g/mol. The van der Waals surface area contributed by atoms with Crippen LogP contribution in [0.3, 0.4) is 0 Å². The molecule has 1 aliphatic carbocycles. The van der Waals surface area contributed by atoms with Gasteiger partial charge in [-0.25, -0.2) is 15.0 Å². The Labute approximate surface area is 358 Å². The molecule has 0 unspecified atom stereocenters. The Morgan fingerprint density at radius 3 is 1.69 bits per heavy atom. The topological polar surface area (TPSA) is 56.7 Å². The molecule has 0 saturated carbocycles. The van der Waals surface area contributed by atoms with Crippen molar-refractivity contribution in [3.8, 4) is 62.1 Å². The van der Waals surface area contributed by atoms with Gasteiger partial charge in [-0.15, -0.1) is 0 Å². The lowest BCUT2D eigenvalue weighted by Crippen LogP contribution is -2.05. The molecule has 11 aromatic rings. The summed E-state index contributed by atoms with van der Waals surface area (Å²) >= 11 is 0. The van der Waals surface area contributed by atoms with E-state index in [0.717, 1.165) is 112 Å². The van der Waals surface area contributed by atoms with Crippen LogP contribution in [0.15, 0.2) is 211 Å². The second-order valence-corrected chi connectivity index (χ2v) is 15.8. The molecule has 62 heavy (non-hydrogen) atoms. The van der Waals surface area contributed by atoms with Gasteiger partial charge in [0.2, 0.25) is 0 Å². The minimum atomic E-state index is 0.609. The maximum atomic E-state index is 6.73. The average Bonchev–Trinajstić information content (AvgIpc) is 3.90. The SMILES string of the molecule is C1=CC(c2cc(-c3nc(-c4ccccc4)nc(-c4ccc(-c5ccccc5)cc4)n3)cc(-c3ccccc3)c2-n2c3ccccc3c3c4oc5ccccc5c4ccc32)=CCC1. The van der Waals surface area contributed by atoms with Gasteiger partial charge >= 0.3 is 0 Å². The number of benzene rings is 8. The zero-order valence-electron chi connectivity index (χ0n) is 33.7. The van der Waals surface area contributed by atoms with E-state index < -0.39 is 0 Å². The van der Waals surface area contributed by atoms with Crippen LogP contribution in [-0.2, 0) is 0 Å². The lowest BCUT2D eigenvalue weighted by molar-refractivity contribution is 0.673. The molecular weight excluding hydrogens is 757 g/mol. The minimum Gasteiger partial charge on any atom is -0.455 e. The number of fused-ring (bicyclic) bond motifs is 7. The van der Waals surface area contributed by atoms with E-state index in [1.165, 1.54) is 0 Å². The fourth-order valence-electron chi connectivity index (χ4n) is 9.14. The number of hydrogen-bond donors (Lipinski definition) is 0. The zero-order valence-corrected chi connectivity index (χ0v) is 33.7. The van der Waals surface area contributed by atoms with Crippen molar-refractivity contribution in [2.45, 2.75) is 12.8 Å². The van der Waals surface area contributed by atoms with E-state index in [2.05, 4.69) is 181 Å². The van der Waals surface area contributed by atoms with Crippen molar-refractivity contribution < 1.29 is 4.42 Å². The summed E-state index contributed by atoms with van der Waals surface area (Å²) in [4.78, 5) is 15.6. The van der Waals surface area contributed by atoms with Crippen LogP contribution in [0.4, 0.5) is 0 Å². The minimum absolute atomic E-state index is 0.609. The molecule has 5 nitrogen and oxygen atoms in total. The van der Waals surface area contributed by atoms with Crippen LogP contribution in [-0.4, -0.2) is 19.5 Å². The zero-order chi connectivity index (χ0) is 41.0. The standard InChI is InChI=1S/C57H38N4O/c1-5-17-37(18-6-1)38-29-31-42(32-30-38)56-58-55(41-23-11-4-12-24-41)59-57(60-56)43-35-47(39-19-7-2-8-20-39)53(48(36-43)40-21-9-3-10-22-40)61-49-27-15-13-26-46(49)52-50(61)34-33-45-44-25-14-16-28-51(44)62-54(45)52/h1-2,4-9,11-36H,3,10H2. The van der Waals surface area contributed by atoms with E-state index in [0.29, 0.717) is 17.5 Å². The number of aromatic nitrogens is 4. The molecule has 0 atom stereocenters. The largest absolute Gasteiger partial charge is 0.455 e. The van der Waals surface area contributed by atoms with Crippen LogP contribution in [0, 0.1) is 0 Å². The van der Waals surface area contributed by atoms with Gasteiger partial charge in [0.1, 0.15) is 11.2 Å². The van der Waals surface area contributed by atoms with Crippen LogP contribution in [0.5, 0.6) is 0 Å². The van der Waals surface area contributed by atoms with Crippen LogP contribution in [0.2, 0.25) is 0 Å². The van der Waals surface area contributed by atoms with Gasteiger partial charge < -0.3 is 8.98 Å². The van der Waals surface area contributed by atoms with Crippen LogP contribution >= 0.6 is 0 Å². The van der Waals surface area contributed by atoms with Gasteiger partial charge in [-0.1, -0.05) is 170 Å². The molecule has 0 spiro atoms. The molecule has 5 heteroatoms. The molecule has 3 aromatic heterocycles. The summed E-state index contributed by atoms with van der Waals surface area (Å²) in [6.45, 7) is 0. The smallest absolute Gasteiger partial charge is 0.164 e. The first kappa shape index (κ1) is 35.8. The van der Waals surface area contributed by atoms with Crippen molar-refractivity contribution in [1.29, 1.82) is 0 Å². The van der Waals surface area contributed by atoms with Gasteiger partial charge in [-0.3, -0.25) is 0 Å². The van der Waals surface area contributed by atoms with Crippen molar-refractivity contribution in [3.05, 3.63) is 212 Å². The second kappa shape index (κ2) is 14.8. The third-order valence-electron chi connectivity index (χ3n) is 12.1. The quantitative estimate of drug-likeness (QED) is 0.161. The summed E-state index contributed by atoms with van der Waals surface area (Å²) in [7, 11) is 0. The molecule has 0 radical (unpaired) electrons. The van der Waals surface area contributed by atoms with Crippen LogP contribution in [0.1, 0.15) is 18.4 Å². The number of nitrogens with zero attached hydrogens (tertiary/aromatic N) is 4. The van der Waals surface area contributed by atoms with Crippen LogP contribution < -0.4 is 0 Å². The highest BCUT2D eigenvalue weighted by Gasteiger charge is 2.25. The second-order valence-electron chi connectivity index (χ2n) is 15.8. The fourth-order valence-corrected chi connectivity index (χ4v) is 9.14. The normalized spacial score (nSPS) is 12.7. The van der Waals surface area contributed by atoms with Gasteiger partial charge in [0, 0.05) is 44.0 Å². The lowest BCUT2D eigenvalue weighted by atomic mass is 9.90. The highest BCUT2D eigenvalue weighted by Crippen LogP contribution is 2.45. The summed E-state index contributed by atoms with van der Waals surface area (Å²) in [5.74, 6) is 1.85. The summed E-state index contributed by atoms with van der Waals surface area (Å²) in [6.07, 6.45) is 8.88. The summed E-state index contributed by atoms with van der Waals surface area (Å²) < 4.78 is 9.18. The Balaban J connectivity index is 1.14. The summed E-state index contributed by atoms with van der Waals surface area (Å²) in [5.41, 5.74) is 14.6. The molecule has 8 aromatic carbocycles. The first-order valence-electron chi connectivity index (χ1n) is 21.2. The Morgan fingerprint density at radius 2 is 0.984 bits per heavy atom. The first-order valence-corrected chi connectivity index (χ1v) is 21.2. The molecule has 0 aliphatic heterocycles. The maximum Gasteiger partial charge on any atom is 0.164 e. The molecule has 3 heterocycles. The van der Waals surface area contributed by atoms with Crippen LogP contribution in [0.25, 0.3) is 111 Å². The van der Waals surface area contributed by atoms with E-state index >= 15 is 0 Å². The third-order valence-corrected chi connectivity index (χ3v) is 12.1. The molecule has 0 bridgehead atoms. The predicted octanol–water partition coefficient (Wildman–Crippen LogP) is 14.9. The fraction of sp³-hybridized carbons (Fsp3) is 0.0351. The first-order chi connectivity index (χ1) is 30.7. The van der Waals surface area contributed by atoms with Crippen molar-refractivity contribution in [3.63, 3.8) is 0 Å². The molecule has 292 valence electrons. The molecule has 0 N–H and O–H groups in total. The van der Waals surface area contributed by atoms with E-state index in [1.54, 1.807) is 0 Å². The predicted molar refractivity (Wildman–Crippen MR) is 255 cm³/mol. The van der Waals surface area contributed by atoms with Gasteiger partial charge in [0.25, 0.3) is 0 Å². The lowest BCUT2D eigenvalue weighted by Gasteiger charge is -2.22. The molecule has 0 amide bonds. The number of hydrogen-bond acceptors (Lipinski definition) is 4. The number of allylic oxidation sites excluding steroid dienone is 4. The molecule has 0 fully saturated rings. The van der Waals surface area contributed by atoms with Crippen molar-refractivity contribution in [2.24, 2.45) is 0 Å². The third kappa shape index (κ3) is 6.05. The van der Waals surface area contributed by atoms with Gasteiger partial charge in [-0.05, 0) is 71.5 Å². The Morgan fingerprint density at radius 1 is 0.419 bits per heavy atom.